The van der Waals surface area contributed by atoms with Crippen LogP contribution in [0.5, 0.6) is 0 Å². The molecule has 6 aromatic rings. The van der Waals surface area contributed by atoms with Gasteiger partial charge in [0.1, 0.15) is 6.17 Å². The molecule has 5 nitrogen and oxygen atoms in total. The molecule has 8 rings (SSSR count). The van der Waals surface area contributed by atoms with Gasteiger partial charge in [0, 0.05) is 7.05 Å². The van der Waals surface area contributed by atoms with Gasteiger partial charge in [-0.25, -0.2) is 0 Å². The van der Waals surface area contributed by atoms with Gasteiger partial charge in [-0.3, -0.25) is 16.0 Å². The number of rotatable bonds is 5. The lowest BCUT2D eigenvalue weighted by molar-refractivity contribution is 0.203. The van der Waals surface area contributed by atoms with Gasteiger partial charge in [-0.2, -0.15) is 0 Å². The third-order valence-electron chi connectivity index (χ3n) is 9.02. The third-order valence-corrected chi connectivity index (χ3v) is 9.02. The summed E-state index contributed by atoms with van der Waals surface area (Å²) in [5.41, 5.74) is 9.72. The van der Waals surface area contributed by atoms with Crippen molar-refractivity contribution in [1.82, 2.24) is 16.0 Å². The maximum atomic E-state index is 3.89. The van der Waals surface area contributed by atoms with Gasteiger partial charge in [0.25, 0.3) is 0 Å². The van der Waals surface area contributed by atoms with E-state index in [0.29, 0.717) is 0 Å². The van der Waals surface area contributed by atoms with Crippen LogP contribution < -0.4 is 26.2 Å². The minimum atomic E-state index is -0.0944. The molecule has 0 saturated carbocycles. The summed E-state index contributed by atoms with van der Waals surface area (Å²) in [4.78, 5) is 2.31. The first-order valence-electron chi connectivity index (χ1n) is 15.3. The normalized spacial score (nSPS) is 21.2. The lowest BCUT2D eigenvalue weighted by Crippen LogP contribution is -2.54. The van der Waals surface area contributed by atoms with Gasteiger partial charge in [0.05, 0.1) is 29.9 Å². The van der Waals surface area contributed by atoms with Crippen LogP contribution in [0.3, 0.4) is 0 Å². The Kier molecular flexibility index (Phi) is 6.84. The van der Waals surface area contributed by atoms with E-state index in [1.165, 1.54) is 55.5 Å². The van der Waals surface area contributed by atoms with Crippen LogP contribution in [-0.4, -0.2) is 7.05 Å². The van der Waals surface area contributed by atoms with Crippen molar-refractivity contribution in [3.63, 3.8) is 0 Å². The van der Waals surface area contributed by atoms with Crippen molar-refractivity contribution in [2.45, 2.75) is 24.7 Å². The van der Waals surface area contributed by atoms with Gasteiger partial charge < -0.3 is 10.2 Å². The van der Waals surface area contributed by atoms with Crippen LogP contribution in [0.4, 0.5) is 11.4 Å². The van der Waals surface area contributed by atoms with Crippen LogP contribution in [-0.2, 0) is 0 Å². The van der Waals surface area contributed by atoms with Gasteiger partial charge >= 0.3 is 0 Å². The van der Waals surface area contributed by atoms with Crippen LogP contribution >= 0.6 is 0 Å². The van der Waals surface area contributed by atoms with Crippen molar-refractivity contribution >= 4 is 22.1 Å². The van der Waals surface area contributed by atoms with Gasteiger partial charge in [-0.15, -0.1) is 0 Å². The minimum Gasteiger partial charge on any atom is -0.360 e. The zero-order chi connectivity index (χ0) is 29.5. The van der Waals surface area contributed by atoms with E-state index in [1.807, 2.05) is 0 Å². The predicted octanol–water partition coefficient (Wildman–Crippen LogP) is 8.25. The molecule has 0 amide bonds. The summed E-state index contributed by atoms with van der Waals surface area (Å²) in [6.45, 7) is 0. The Morgan fingerprint density at radius 2 is 1.09 bits per heavy atom. The Morgan fingerprint density at radius 3 is 1.77 bits per heavy atom. The standard InChI is InChI=1S/C39H35N5/c1-44-34-19-11-10-18-33(34)40-39(44)30-22-20-27(21-23-30)35-31-17-9-8-12-26(31)24-25-32(35)38-42-36(28-13-4-2-5-14-28)41-37(43-38)29-15-6-3-7-16-29/h2-25,36-43H,1H3. The van der Waals surface area contributed by atoms with E-state index in [1.54, 1.807) is 0 Å². The highest BCUT2D eigenvalue weighted by atomic mass is 15.4. The van der Waals surface area contributed by atoms with Crippen LogP contribution in [0, 0.1) is 0 Å². The SMILES string of the molecule is CN1c2ccccc2NC1c1ccc(-c2c(C3NC(c4ccccc4)NC(c4ccccc4)N3)ccc3ccccc23)cc1. The predicted molar refractivity (Wildman–Crippen MR) is 181 cm³/mol. The highest BCUT2D eigenvalue weighted by Gasteiger charge is 2.32. The lowest BCUT2D eigenvalue weighted by atomic mass is 9.90. The molecule has 2 aliphatic heterocycles. The second kappa shape index (κ2) is 11.3. The van der Waals surface area contributed by atoms with Crippen LogP contribution in [0.15, 0.2) is 146 Å². The summed E-state index contributed by atoms with van der Waals surface area (Å²) in [6, 6.07) is 52.1. The lowest BCUT2D eigenvalue weighted by Gasteiger charge is -2.40. The highest BCUT2D eigenvalue weighted by molar-refractivity contribution is 5.98. The summed E-state index contributed by atoms with van der Waals surface area (Å²) in [5, 5.41) is 17.8. The molecule has 44 heavy (non-hydrogen) atoms. The topological polar surface area (TPSA) is 51.4 Å². The molecule has 5 heteroatoms. The van der Waals surface area contributed by atoms with Gasteiger partial charge in [0.15, 0.2) is 0 Å². The number of hydrogen-bond donors (Lipinski definition) is 4. The molecule has 0 radical (unpaired) electrons. The van der Waals surface area contributed by atoms with E-state index in [4.69, 9.17) is 0 Å². The van der Waals surface area contributed by atoms with E-state index in [9.17, 15) is 0 Å². The smallest absolute Gasteiger partial charge is 0.125 e. The maximum Gasteiger partial charge on any atom is 0.125 e. The first-order chi connectivity index (χ1) is 21.7. The largest absolute Gasteiger partial charge is 0.360 e. The number of anilines is 2. The van der Waals surface area contributed by atoms with Gasteiger partial charge in [-0.1, -0.05) is 133 Å². The summed E-state index contributed by atoms with van der Waals surface area (Å²) in [5.74, 6) is 0. The molecule has 0 aliphatic carbocycles. The molecule has 0 spiro atoms. The Hall–Kier alpha value is -4.94. The summed E-state index contributed by atoms with van der Waals surface area (Å²) < 4.78 is 0. The molecule has 0 bridgehead atoms. The van der Waals surface area contributed by atoms with Crippen LogP contribution in [0.2, 0.25) is 0 Å². The molecule has 216 valence electrons. The van der Waals surface area contributed by atoms with Crippen molar-refractivity contribution in [2.24, 2.45) is 0 Å². The molecule has 1 fully saturated rings. The number of hydrogen-bond acceptors (Lipinski definition) is 5. The van der Waals surface area contributed by atoms with Crippen molar-refractivity contribution in [2.75, 3.05) is 17.3 Å². The Morgan fingerprint density at radius 1 is 0.500 bits per heavy atom. The second-order valence-electron chi connectivity index (χ2n) is 11.7. The number of fused-ring (bicyclic) bond motifs is 2. The fourth-order valence-electron chi connectivity index (χ4n) is 6.78. The molecule has 0 aromatic heterocycles. The van der Waals surface area contributed by atoms with Crippen LogP contribution in [0.25, 0.3) is 21.9 Å². The maximum absolute atomic E-state index is 3.89. The first-order valence-corrected chi connectivity index (χ1v) is 15.3. The van der Waals surface area contributed by atoms with Crippen LogP contribution in [0.1, 0.15) is 46.9 Å². The highest BCUT2D eigenvalue weighted by Crippen LogP contribution is 2.41. The van der Waals surface area contributed by atoms with Crippen molar-refractivity contribution in [1.29, 1.82) is 0 Å². The summed E-state index contributed by atoms with van der Waals surface area (Å²) in [7, 11) is 2.15. The zero-order valence-corrected chi connectivity index (χ0v) is 24.6. The Bertz CT molecular complexity index is 1860. The summed E-state index contributed by atoms with van der Waals surface area (Å²) >= 11 is 0. The van der Waals surface area contributed by atoms with E-state index >= 15 is 0 Å². The minimum absolute atomic E-state index is 0.0278. The Balaban J connectivity index is 1.20. The molecular formula is C39H35N5. The quantitative estimate of drug-likeness (QED) is 0.167. The fourth-order valence-corrected chi connectivity index (χ4v) is 6.78. The van der Waals surface area contributed by atoms with E-state index in [-0.39, 0.29) is 24.7 Å². The molecule has 3 atom stereocenters. The fraction of sp³-hybridized carbons (Fsp3) is 0.128. The molecule has 4 N–H and O–H groups in total. The third kappa shape index (κ3) is 4.81. The average Bonchev–Trinajstić information content (AvgIpc) is 3.44. The second-order valence-corrected chi connectivity index (χ2v) is 11.7. The molecular weight excluding hydrogens is 538 g/mol. The molecule has 2 aliphatic rings. The number of nitrogens with zero attached hydrogens (tertiary/aromatic N) is 1. The number of nitrogens with one attached hydrogen (secondary N) is 4. The molecule has 3 unspecified atom stereocenters. The van der Waals surface area contributed by atoms with E-state index in [0.717, 1.165) is 0 Å². The summed E-state index contributed by atoms with van der Waals surface area (Å²) in [6.07, 6.45) is -0.0533. The van der Waals surface area contributed by atoms with E-state index in [2.05, 4.69) is 179 Å². The molecule has 6 aromatic carbocycles. The van der Waals surface area contributed by atoms with Crippen molar-refractivity contribution in [3.05, 3.63) is 168 Å². The zero-order valence-electron chi connectivity index (χ0n) is 24.6. The van der Waals surface area contributed by atoms with Crippen molar-refractivity contribution in [3.8, 4) is 11.1 Å². The Labute approximate surface area is 258 Å². The molecule has 1 saturated heterocycles. The van der Waals surface area contributed by atoms with Crippen molar-refractivity contribution < 1.29 is 0 Å². The number of para-hydroxylation sites is 2. The van der Waals surface area contributed by atoms with Gasteiger partial charge in [0.2, 0.25) is 0 Å². The number of benzene rings is 6. The van der Waals surface area contributed by atoms with Gasteiger partial charge in [-0.05, 0) is 56.3 Å². The average molecular weight is 574 g/mol. The molecule has 2 heterocycles. The monoisotopic (exact) mass is 573 g/mol. The van der Waals surface area contributed by atoms with E-state index < -0.39 is 0 Å². The first kappa shape index (κ1) is 26.7.